The summed E-state index contributed by atoms with van der Waals surface area (Å²) in [5.74, 6) is 2.15. The van der Waals surface area contributed by atoms with E-state index in [9.17, 15) is 0 Å². The number of nitrogens with one attached hydrogen (secondary N) is 1. The number of aromatic nitrogens is 2. The molecule has 29 heavy (non-hydrogen) atoms. The third-order valence-electron chi connectivity index (χ3n) is 4.57. The fourth-order valence-corrected chi connectivity index (χ4v) is 3.20. The van der Waals surface area contributed by atoms with E-state index in [4.69, 9.17) is 14.4 Å². The number of rotatable bonds is 6. The van der Waals surface area contributed by atoms with E-state index >= 15 is 0 Å². The Kier molecular flexibility index (Phi) is 7.85. The van der Waals surface area contributed by atoms with Crippen molar-refractivity contribution in [1.82, 2.24) is 14.9 Å². The summed E-state index contributed by atoms with van der Waals surface area (Å²) < 4.78 is 6.01. The molecule has 2 aromatic heterocycles. The molecule has 2 heterocycles. The van der Waals surface area contributed by atoms with Crippen molar-refractivity contribution in [3.8, 4) is 11.6 Å². The number of halogens is 2. The smallest absolute Gasteiger partial charge is 0.198 e. The molecule has 0 radical (unpaired) electrons. The lowest BCUT2D eigenvalue weighted by atomic mass is 10.2. The second kappa shape index (κ2) is 9.92. The topological polar surface area (TPSA) is 54.2 Å². The molecule has 5 nitrogen and oxygen atoms in total. The van der Waals surface area contributed by atoms with Crippen LogP contribution in [-0.4, -0.2) is 42.1 Å². The van der Waals surface area contributed by atoms with Crippen molar-refractivity contribution in [3.05, 3.63) is 54.1 Å². The summed E-state index contributed by atoms with van der Waals surface area (Å²) in [7, 11) is 4.17. The minimum atomic E-state index is 0. The normalized spacial score (nSPS) is 10.8. The first-order valence-electron chi connectivity index (χ1n) is 9.26. The molecule has 1 N–H and O–H groups in total. The van der Waals surface area contributed by atoms with Gasteiger partial charge in [0.1, 0.15) is 11.4 Å². The number of furan rings is 1. The van der Waals surface area contributed by atoms with Gasteiger partial charge < -0.3 is 14.6 Å². The minimum Gasteiger partial charge on any atom is -0.453 e. The largest absolute Gasteiger partial charge is 0.453 e. The highest BCUT2D eigenvalue weighted by atomic mass is 35.5. The van der Waals surface area contributed by atoms with Crippen LogP contribution in [0, 0.1) is 6.92 Å². The van der Waals surface area contributed by atoms with E-state index in [2.05, 4.69) is 49.4 Å². The first-order valence-corrected chi connectivity index (χ1v) is 9.26. The Balaban J connectivity index is 0.00000150. The van der Waals surface area contributed by atoms with E-state index in [0.717, 1.165) is 47.2 Å². The lowest BCUT2D eigenvalue weighted by molar-refractivity contribution is 0.405. The van der Waals surface area contributed by atoms with Crippen LogP contribution in [0.25, 0.3) is 33.5 Å². The van der Waals surface area contributed by atoms with E-state index in [1.165, 1.54) is 5.56 Å². The second-order valence-corrected chi connectivity index (χ2v) is 7.15. The fourth-order valence-electron chi connectivity index (χ4n) is 3.20. The maximum absolute atomic E-state index is 6.01. The fraction of sp³-hybridized carbons (Fsp3) is 0.273. The monoisotopic (exact) mass is 432 g/mol. The van der Waals surface area contributed by atoms with Crippen LogP contribution in [0.15, 0.2) is 52.9 Å². The van der Waals surface area contributed by atoms with Crippen molar-refractivity contribution in [1.29, 1.82) is 0 Å². The number of fused-ring (bicyclic) bond motifs is 2. The zero-order valence-corrected chi connectivity index (χ0v) is 18.4. The van der Waals surface area contributed by atoms with Crippen LogP contribution in [0.3, 0.4) is 0 Å². The maximum atomic E-state index is 6.01. The van der Waals surface area contributed by atoms with Crippen LogP contribution < -0.4 is 5.32 Å². The first-order chi connectivity index (χ1) is 13.1. The van der Waals surface area contributed by atoms with E-state index < -0.39 is 0 Å². The molecule has 0 fully saturated rings. The zero-order chi connectivity index (χ0) is 18.8. The van der Waals surface area contributed by atoms with Crippen molar-refractivity contribution >= 4 is 52.5 Å². The molecule has 0 spiro atoms. The Morgan fingerprint density at radius 1 is 1.00 bits per heavy atom. The molecule has 2 aromatic carbocycles. The molecule has 0 amide bonds. The molecule has 0 bridgehead atoms. The molecule has 0 unspecified atom stereocenters. The SMILES string of the molecule is Cc1ccc2oc(-c3nc(NCCCN(C)C)c4ccccc4n3)cc2c1.Cl.Cl. The van der Waals surface area contributed by atoms with Crippen LogP contribution in [0.4, 0.5) is 5.82 Å². The number of benzene rings is 2. The van der Waals surface area contributed by atoms with Crippen LogP contribution in [0.1, 0.15) is 12.0 Å². The molecule has 0 aliphatic rings. The number of nitrogens with zero attached hydrogens (tertiary/aromatic N) is 3. The molecule has 0 saturated carbocycles. The predicted octanol–water partition coefficient (Wildman–Crippen LogP) is 5.56. The van der Waals surface area contributed by atoms with Gasteiger partial charge in [0.05, 0.1) is 5.52 Å². The Morgan fingerprint density at radius 2 is 1.79 bits per heavy atom. The van der Waals surface area contributed by atoms with Gasteiger partial charge in [0, 0.05) is 17.3 Å². The highest BCUT2D eigenvalue weighted by Crippen LogP contribution is 2.29. The zero-order valence-electron chi connectivity index (χ0n) is 16.8. The van der Waals surface area contributed by atoms with E-state index in [1.54, 1.807) is 0 Å². The van der Waals surface area contributed by atoms with Crippen molar-refractivity contribution in [2.24, 2.45) is 0 Å². The summed E-state index contributed by atoms with van der Waals surface area (Å²) in [5.41, 5.74) is 2.97. The van der Waals surface area contributed by atoms with Gasteiger partial charge in [-0.15, -0.1) is 24.8 Å². The summed E-state index contributed by atoms with van der Waals surface area (Å²) in [6, 6.07) is 16.3. The Morgan fingerprint density at radius 3 is 2.59 bits per heavy atom. The van der Waals surface area contributed by atoms with Gasteiger partial charge >= 0.3 is 0 Å². The van der Waals surface area contributed by atoms with Crippen LogP contribution >= 0.6 is 24.8 Å². The number of aryl methyl sites for hydroxylation is 1. The maximum Gasteiger partial charge on any atom is 0.198 e. The Hall–Kier alpha value is -2.34. The molecule has 0 aliphatic heterocycles. The third kappa shape index (κ3) is 5.18. The van der Waals surface area contributed by atoms with Gasteiger partial charge in [-0.2, -0.15) is 0 Å². The number of para-hydroxylation sites is 1. The van der Waals surface area contributed by atoms with Crippen molar-refractivity contribution in [3.63, 3.8) is 0 Å². The molecule has 0 saturated heterocycles. The van der Waals surface area contributed by atoms with Crippen LogP contribution in [0.2, 0.25) is 0 Å². The number of hydrogen-bond acceptors (Lipinski definition) is 5. The van der Waals surface area contributed by atoms with Crippen molar-refractivity contribution in [2.45, 2.75) is 13.3 Å². The summed E-state index contributed by atoms with van der Waals surface area (Å²) in [5, 5.41) is 5.57. The summed E-state index contributed by atoms with van der Waals surface area (Å²) >= 11 is 0. The van der Waals surface area contributed by atoms with Crippen molar-refractivity contribution in [2.75, 3.05) is 32.5 Å². The summed E-state index contributed by atoms with van der Waals surface area (Å²) in [6.07, 6.45) is 1.05. The molecular weight excluding hydrogens is 407 g/mol. The highest BCUT2D eigenvalue weighted by molar-refractivity contribution is 5.91. The third-order valence-corrected chi connectivity index (χ3v) is 4.57. The van der Waals surface area contributed by atoms with Gasteiger partial charge in [0.2, 0.25) is 0 Å². The quantitative estimate of drug-likeness (QED) is 0.404. The molecule has 0 aliphatic carbocycles. The van der Waals surface area contributed by atoms with Crippen LogP contribution in [-0.2, 0) is 0 Å². The van der Waals surface area contributed by atoms with Gasteiger partial charge in [-0.3, -0.25) is 0 Å². The van der Waals surface area contributed by atoms with Gasteiger partial charge in [-0.25, -0.2) is 9.97 Å². The van der Waals surface area contributed by atoms with Gasteiger partial charge in [0.15, 0.2) is 11.6 Å². The molecule has 4 rings (SSSR count). The van der Waals surface area contributed by atoms with E-state index in [0.29, 0.717) is 11.6 Å². The average molecular weight is 433 g/mol. The second-order valence-electron chi connectivity index (χ2n) is 7.15. The van der Waals surface area contributed by atoms with Gasteiger partial charge in [-0.05, 0) is 64.3 Å². The van der Waals surface area contributed by atoms with Crippen LogP contribution in [0.5, 0.6) is 0 Å². The van der Waals surface area contributed by atoms with E-state index in [1.807, 2.05) is 30.3 Å². The number of anilines is 1. The Labute approximate surface area is 183 Å². The lowest BCUT2D eigenvalue weighted by Crippen LogP contribution is -2.16. The summed E-state index contributed by atoms with van der Waals surface area (Å²) in [6.45, 7) is 3.97. The van der Waals surface area contributed by atoms with Gasteiger partial charge in [0.25, 0.3) is 0 Å². The van der Waals surface area contributed by atoms with Gasteiger partial charge in [-0.1, -0.05) is 23.8 Å². The molecular formula is C22H26Cl2N4O. The Bertz CT molecular complexity index is 1090. The average Bonchev–Trinajstić information content (AvgIpc) is 3.08. The standard InChI is InChI=1S/C22H24N4O.2ClH/c1-15-9-10-19-16(13-15)14-20(27-19)22-24-18-8-5-4-7-17(18)21(25-22)23-11-6-12-26(2)3;;/h4-5,7-10,13-14H,6,11-12H2,1-3H3,(H,23,24,25);2*1H. The van der Waals surface area contributed by atoms with E-state index in [-0.39, 0.29) is 24.8 Å². The highest BCUT2D eigenvalue weighted by Gasteiger charge is 2.13. The first kappa shape index (κ1) is 22.9. The molecule has 0 atom stereocenters. The molecule has 4 aromatic rings. The molecule has 7 heteroatoms. The molecule has 154 valence electrons. The van der Waals surface area contributed by atoms with Crippen molar-refractivity contribution < 1.29 is 4.42 Å². The summed E-state index contributed by atoms with van der Waals surface area (Å²) in [4.78, 5) is 11.7. The predicted molar refractivity (Wildman–Crippen MR) is 126 cm³/mol. The number of hydrogen-bond donors (Lipinski definition) is 1. The minimum absolute atomic E-state index is 0. The lowest BCUT2D eigenvalue weighted by Gasteiger charge is -2.12.